The van der Waals surface area contributed by atoms with Crippen molar-refractivity contribution in [3.63, 3.8) is 0 Å². The highest BCUT2D eigenvalue weighted by Crippen LogP contribution is 2.30. The molecule has 0 amide bonds. The molecule has 0 spiro atoms. The van der Waals surface area contributed by atoms with Crippen LogP contribution in [0.4, 0.5) is 0 Å². The summed E-state index contributed by atoms with van der Waals surface area (Å²) >= 11 is 0. The highest BCUT2D eigenvalue weighted by atomic mass is 16.5. The third-order valence-electron chi connectivity index (χ3n) is 4.19. The number of rotatable bonds is 5. The van der Waals surface area contributed by atoms with E-state index in [1.807, 2.05) is 0 Å². The van der Waals surface area contributed by atoms with Crippen LogP contribution in [0, 0.1) is 5.92 Å². The number of likely N-dealkylation sites (N-methyl/N-ethyl adjacent to an activating group) is 1. The topological polar surface area (TPSA) is 21.3 Å². The number of hydrogen-bond donors (Lipinski definition) is 1. The van der Waals surface area contributed by atoms with Crippen molar-refractivity contribution in [1.82, 2.24) is 5.32 Å². The zero-order valence-electron chi connectivity index (χ0n) is 10.7. The third kappa shape index (κ3) is 3.46. The molecule has 2 aliphatic rings. The molecule has 1 saturated carbocycles. The Morgan fingerprint density at radius 2 is 1.94 bits per heavy atom. The van der Waals surface area contributed by atoms with Crippen molar-refractivity contribution in [3.8, 4) is 0 Å². The van der Waals surface area contributed by atoms with E-state index in [0.29, 0.717) is 12.1 Å². The predicted molar refractivity (Wildman–Crippen MR) is 67.6 cm³/mol. The second-order valence-electron chi connectivity index (χ2n) is 5.46. The zero-order chi connectivity index (χ0) is 11.2. The maximum atomic E-state index is 5.85. The molecule has 1 aliphatic heterocycles. The standard InChI is InChI=1S/C14H27NO/c1-2-15-13(14-9-6-10-16-14)11-12-7-4-3-5-8-12/h12-15H,2-11H2,1H3. The van der Waals surface area contributed by atoms with Crippen LogP contribution in [0.15, 0.2) is 0 Å². The van der Waals surface area contributed by atoms with Gasteiger partial charge in [0.25, 0.3) is 0 Å². The molecule has 1 aliphatic carbocycles. The highest BCUT2D eigenvalue weighted by molar-refractivity contribution is 4.83. The molecule has 2 unspecified atom stereocenters. The SMILES string of the molecule is CCNC(CC1CCCCC1)C1CCCO1. The van der Waals surface area contributed by atoms with Crippen LogP contribution in [0.3, 0.4) is 0 Å². The molecular formula is C14H27NO. The molecule has 2 rings (SSSR count). The summed E-state index contributed by atoms with van der Waals surface area (Å²) in [6.07, 6.45) is 11.7. The number of hydrogen-bond acceptors (Lipinski definition) is 2. The fourth-order valence-electron chi connectivity index (χ4n) is 3.33. The van der Waals surface area contributed by atoms with Gasteiger partial charge in [-0.3, -0.25) is 0 Å². The van der Waals surface area contributed by atoms with Crippen molar-refractivity contribution in [2.45, 2.75) is 70.4 Å². The zero-order valence-corrected chi connectivity index (χ0v) is 10.7. The fourth-order valence-corrected chi connectivity index (χ4v) is 3.33. The summed E-state index contributed by atoms with van der Waals surface area (Å²) in [5, 5.41) is 3.65. The summed E-state index contributed by atoms with van der Waals surface area (Å²) in [7, 11) is 0. The van der Waals surface area contributed by atoms with E-state index in [1.165, 1.54) is 51.4 Å². The smallest absolute Gasteiger partial charge is 0.0728 e. The molecule has 1 saturated heterocycles. The van der Waals surface area contributed by atoms with E-state index in [4.69, 9.17) is 4.74 Å². The molecule has 0 aromatic rings. The van der Waals surface area contributed by atoms with E-state index in [9.17, 15) is 0 Å². The first kappa shape index (κ1) is 12.4. The van der Waals surface area contributed by atoms with Gasteiger partial charge in [-0.15, -0.1) is 0 Å². The molecule has 2 fully saturated rings. The normalized spacial score (nSPS) is 29.4. The fraction of sp³-hybridized carbons (Fsp3) is 1.00. The Labute approximate surface area is 100 Å². The lowest BCUT2D eigenvalue weighted by Gasteiger charge is -2.30. The minimum absolute atomic E-state index is 0.502. The quantitative estimate of drug-likeness (QED) is 0.776. The summed E-state index contributed by atoms with van der Waals surface area (Å²) in [6.45, 7) is 4.28. The second kappa shape index (κ2) is 6.61. The van der Waals surface area contributed by atoms with Crippen molar-refractivity contribution in [1.29, 1.82) is 0 Å². The molecule has 0 aromatic heterocycles. The van der Waals surface area contributed by atoms with Gasteiger partial charge in [-0.25, -0.2) is 0 Å². The Balaban J connectivity index is 1.80. The Morgan fingerprint density at radius 1 is 1.12 bits per heavy atom. The van der Waals surface area contributed by atoms with Gasteiger partial charge in [0.05, 0.1) is 6.10 Å². The molecule has 0 radical (unpaired) electrons. The van der Waals surface area contributed by atoms with E-state index in [0.717, 1.165) is 19.1 Å². The molecule has 16 heavy (non-hydrogen) atoms. The van der Waals surface area contributed by atoms with Gasteiger partial charge in [0.15, 0.2) is 0 Å². The van der Waals surface area contributed by atoms with Gasteiger partial charge in [0.1, 0.15) is 0 Å². The first-order chi connectivity index (χ1) is 7.90. The molecule has 1 heterocycles. The second-order valence-corrected chi connectivity index (χ2v) is 5.46. The Bertz CT molecular complexity index is 183. The van der Waals surface area contributed by atoms with E-state index >= 15 is 0 Å². The van der Waals surface area contributed by atoms with Gasteiger partial charge in [-0.05, 0) is 31.7 Å². The summed E-state index contributed by atoms with van der Waals surface area (Å²) in [5.74, 6) is 0.960. The summed E-state index contributed by atoms with van der Waals surface area (Å²) in [6, 6.07) is 0.621. The Kier molecular flexibility index (Phi) is 5.11. The van der Waals surface area contributed by atoms with E-state index in [1.54, 1.807) is 0 Å². The molecule has 2 heteroatoms. The summed E-state index contributed by atoms with van der Waals surface area (Å²) in [5.41, 5.74) is 0. The van der Waals surface area contributed by atoms with Crippen molar-refractivity contribution in [3.05, 3.63) is 0 Å². The highest BCUT2D eigenvalue weighted by Gasteiger charge is 2.28. The largest absolute Gasteiger partial charge is 0.377 e. The van der Waals surface area contributed by atoms with Gasteiger partial charge in [-0.1, -0.05) is 39.0 Å². The van der Waals surface area contributed by atoms with Crippen molar-refractivity contribution >= 4 is 0 Å². The van der Waals surface area contributed by atoms with Crippen molar-refractivity contribution < 1.29 is 4.74 Å². The van der Waals surface area contributed by atoms with E-state index < -0.39 is 0 Å². The molecule has 94 valence electrons. The van der Waals surface area contributed by atoms with Gasteiger partial charge in [-0.2, -0.15) is 0 Å². The molecule has 0 bridgehead atoms. The molecule has 2 atom stereocenters. The predicted octanol–water partition coefficient (Wildman–Crippen LogP) is 3.11. The maximum Gasteiger partial charge on any atom is 0.0728 e. The van der Waals surface area contributed by atoms with Gasteiger partial charge in [0.2, 0.25) is 0 Å². The first-order valence-electron chi connectivity index (χ1n) is 7.25. The lowest BCUT2D eigenvalue weighted by Crippen LogP contribution is -2.41. The molecule has 0 aromatic carbocycles. The molecule has 1 N–H and O–H groups in total. The summed E-state index contributed by atoms with van der Waals surface area (Å²) < 4.78 is 5.85. The van der Waals surface area contributed by atoms with Crippen LogP contribution >= 0.6 is 0 Å². The van der Waals surface area contributed by atoms with Gasteiger partial charge in [0, 0.05) is 12.6 Å². The van der Waals surface area contributed by atoms with E-state index in [-0.39, 0.29) is 0 Å². The molecule has 2 nitrogen and oxygen atoms in total. The maximum absolute atomic E-state index is 5.85. The van der Waals surface area contributed by atoms with E-state index in [2.05, 4.69) is 12.2 Å². The summed E-state index contributed by atoms with van der Waals surface area (Å²) in [4.78, 5) is 0. The monoisotopic (exact) mass is 225 g/mol. The van der Waals surface area contributed by atoms with Crippen molar-refractivity contribution in [2.75, 3.05) is 13.2 Å². The van der Waals surface area contributed by atoms with Crippen LogP contribution in [0.1, 0.15) is 58.3 Å². The minimum atomic E-state index is 0.502. The average molecular weight is 225 g/mol. The van der Waals surface area contributed by atoms with Gasteiger partial charge >= 0.3 is 0 Å². The first-order valence-corrected chi connectivity index (χ1v) is 7.25. The van der Waals surface area contributed by atoms with Crippen LogP contribution in [-0.2, 0) is 4.74 Å². The third-order valence-corrected chi connectivity index (χ3v) is 4.19. The Morgan fingerprint density at radius 3 is 2.56 bits per heavy atom. The molecular weight excluding hydrogens is 198 g/mol. The van der Waals surface area contributed by atoms with Crippen LogP contribution in [-0.4, -0.2) is 25.3 Å². The van der Waals surface area contributed by atoms with Crippen LogP contribution < -0.4 is 5.32 Å². The van der Waals surface area contributed by atoms with Crippen LogP contribution in [0.5, 0.6) is 0 Å². The average Bonchev–Trinajstić information content (AvgIpc) is 2.83. The van der Waals surface area contributed by atoms with Crippen LogP contribution in [0.2, 0.25) is 0 Å². The lowest BCUT2D eigenvalue weighted by molar-refractivity contribution is 0.0676. The number of nitrogens with one attached hydrogen (secondary N) is 1. The van der Waals surface area contributed by atoms with Crippen LogP contribution in [0.25, 0.3) is 0 Å². The Hall–Kier alpha value is -0.0800. The number of ether oxygens (including phenoxy) is 1. The van der Waals surface area contributed by atoms with Gasteiger partial charge < -0.3 is 10.1 Å². The lowest BCUT2D eigenvalue weighted by atomic mass is 9.83. The minimum Gasteiger partial charge on any atom is -0.377 e. The van der Waals surface area contributed by atoms with Crippen molar-refractivity contribution in [2.24, 2.45) is 5.92 Å².